The van der Waals surface area contributed by atoms with Gasteiger partial charge in [-0.3, -0.25) is 9.59 Å². The molecule has 1 heterocycles. The zero-order valence-corrected chi connectivity index (χ0v) is 10.5. The third kappa shape index (κ3) is 3.84. The molecule has 0 saturated carbocycles. The van der Waals surface area contributed by atoms with Gasteiger partial charge < -0.3 is 9.84 Å². The van der Waals surface area contributed by atoms with Crippen LogP contribution in [0.15, 0.2) is 23.4 Å². The largest absolute Gasteiger partial charge is 0.481 e. The Bertz CT molecular complexity index is 542. The molecule has 0 aliphatic heterocycles. The van der Waals surface area contributed by atoms with E-state index in [1.54, 1.807) is 0 Å². The van der Waals surface area contributed by atoms with Crippen LogP contribution >= 0.6 is 11.6 Å². The lowest BCUT2D eigenvalue weighted by Gasteiger charge is -2.21. The van der Waals surface area contributed by atoms with E-state index in [0.29, 0.717) is 0 Å². The molecule has 1 aromatic heterocycles. The van der Waals surface area contributed by atoms with Crippen LogP contribution in [0, 0.1) is 0 Å². The minimum absolute atomic E-state index is 0.0341. The van der Waals surface area contributed by atoms with E-state index in [9.17, 15) is 9.59 Å². The van der Waals surface area contributed by atoms with Crippen LogP contribution in [0.2, 0.25) is 5.15 Å². The lowest BCUT2D eigenvalue weighted by molar-refractivity contribution is -0.153. The van der Waals surface area contributed by atoms with Crippen molar-refractivity contribution < 1.29 is 19.4 Å². The van der Waals surface area contributed by atoms with Crippen molar-refractivity contribution in [1.29, 1.82) is 0 Å². The summed E-state index contributed by atoms with van der Waals surface area (Å²) in [6.07, 6.45) is 0.0482. The monoisotopic (exact) mass is 284 g/mol. The molecule has 0 saturated heterocycles. The van der Waals surface area contributed by atoms with Gasteiger partial charge in [0.05, 0.1) is 0 Å². The van der Waals surface area contributed by atoms with E-state index in [-0.39, 0.29) is 10.7 Å². The van der Waals surface area contributed by atoms with Gasteiger partial charge in [0.2, 0.25) is 0 Å². The summed E-state index contributed by atoms with van der Waals surface area (Å²) in [5.41, 5.74) is 8.54. The second-order valence-electron chi connectivity index (χ2n) is 3.40. The highest BCUT2D eigenvalue weighted by molar-refractivity contribution is 6.30. The van der Waals surface area contributed by atoms with E-state index in [0.717, 1.165) is 6.92 Å². The van der Waals surface area contributed by atoms with Gasteiger partial charge in [0, 0.05) is 23.6 Å². The van der Waals surface area contributed by atoms with Crippen LogP contribution in [0.5, 0.6) is 0 Å². The number of nitrogens with zero attached hydrogens (tertiary/aromatic N) is 4. The standard InChI is InChI=1S/C10H9ClN4O4/c1-5(16)19-8(7(10(17)18)14-15-12)6-3-2-4-13-9(6)11/h2-4,7-8H,1H3,(H,17,18). The average molecular weight is 285 g/mol. The second kappa shape index (κ2) is 6.58. The molecular formula is C10H9ClN4O4. The Hall–Kier alpha value is -2.31. The zero-order chi connectivity index (χ0) is 14.4. The maximum Gasteiger partial charge on any atom is 0.316 e. The van der Waals surface area contributed by atoms with Crippen molar-refractivity contribution in [3.8, 4) is 0 Å². The van der Waals surface area contributed by atoms with Crippen molar-refractivity contribution in [3.63, 3.8) is 0 Å². The number of esters is 1. The van der Waals surface area contributed by atoms with Crippen LogP contribution in [-0.2, 0) is 14.3 Å². The van der Waals surface area contributed by atoms with Crippen molar-refractivity contribution in [1.82, 2.24) is 4.98 Å². The third-order valence-electron chi connectivity index (χ3n) is 2.10. The van der Waals surface area contributed by atoms with Gasteiger partial charge in [-0.15, -0.1) is 0 Å². The minimum Gasteiger partial charge on any atom is -0.481 e. The first-order valence-corrected chi connectivity index (χ1v) is 5.39. The number of hydrogen-bond donors (Lipinski definition) is 1. The molecule has 2 unspecified atom stereocenters. The quantitative estimate of drug-likeness (QED) is 0.291. The topological polar surface area (TPSA) is 125 Å². The van der Waals surface area contributed by atoms with Gasteiger partial charge in [0.25, 0.3) is 0 Å². The molecule has 19 heavy (non-hydrogen) atoms. The molecule has 1 N–H and O–H groups in total. The molecule has 0 aliphatic rings. The summed E-state index contributed by atoms with van der Waals surface area (Å²) < 4.78 is 4.88. The van der Waals surface area contributed by atoms with Crippen LogP contribution in [0.3, 0.4) is 0 Å². The molecular weight excluding hydrogens is 276 g/mol. The normalized spacial score (nSPS) is 12.9. The van der Waals surface area contributed by atoms with Crippen LogP contribution in [-0.4, -0.2) is 28.1 Å². The Kier molecular flexibility index (Phi) is 5.11. The van der Waals surface area contributed by atoms with Crippen molar-refractivity contribution in [3.05, 3.63) is 39.5 Å². The van der Waals surface area contributed by atoms with Crippen molar-refractivity contribution in [2.75, 3.05) is 0 Å². The Morgan fingerprint density at radius 2 is 2.32 bits per heavy atom. The third-order valence-corrected chi connectivity index (χ3v) is 2.42. The maximum atomic E-state index is 11.1. The number of halogens is 1. The van der Waals surface area contributed by atoms with E-state index in [1.165, 1.54) is 18.3 Å². The second-order valence-corrected chi connectivity index (χ2v) is 3.76. The van der Waals surface area contributed by atoms with Gasteiger partial charge in [0.15, 0.2) is 6.04 Å². The Morgan fingerprint density at radius 1 is 1.63 bits per heavy atom. The summed E-state index contributed by atoms with van der Waals surface area (Å²) >= 11 is 5.82. The SMILES string of the molecule is CC(=O)OC(c1cccnc1Cl)C(N=[N+]=[N-])C(=O)O. The fourth-order valence-electron chi connectivity index (χ4n) is 1.38. The number of aliphatic carboxylic acids is 1. The van der Waals surface area contributed by atoms with E-state index in [2.05, 4.69) is 15.0 Å². The average Bonchev–Trinajstić information content (AvgIpc) is 2.34. The van der Waals surface area contributed by atoms with Crippen LogP contribution < -0.4 is 0 Å². The van der Waals surface area contributed by atoms with Crippen molar-refractivity contribution in [2.24, 2.45) is 5.11 Å². The molecule has 0 bridgehead atoms. The van der Waals surface area contributed by atoms with Gasteiger partial charge in [-0.05, 0) is 11.6 Å². The molecule has 0 aromatic carbocycles. The number of hydrogen-bond acceptors (Lipinski definition) is 5. The van der Waals surface area contributed by atoms with Gasteiger partial charge in [-0.25, -0.2) is 4.98 Å². The van der Waals surface area contributed by atoms with E-state index >= 15 is 0 Å². The smallest absolute Gasteiger partial charge is 0.316 e. The summed E-state index contributed by atoms with van der Waals surface area (Å²) in [5.74, 6) is -2.17. The lowest BCUT2D eigenvalue weighted by Crippen LogP contribution is -2.29. The molecule has 8 nitrogen and oxygen atoms in total. The summed E-state index contributed by atoms with van der Waals surface area (Å²) in [6.45, 7) is 1.10. The molecule has 0 spiro atoms. The first-order chi connectivity index (χ1) is 8.97. The van der Waals surface area contributed by atoms with Crippen LogP contribution in [0.1, 0.15) is 18.6 Å². The number of aromatic nitrogens is 1. The van der Waals surface area contributed by atoms with E-state index in [1.807, 2.05) is 0 Å². The highest BCUT2D eigenvalue weighted by Crippen LogP contribution is 2.29. The first-order valence-electron chi connectivity index (χ1n) is 5.02. The van der Waals surface area contributed by atoms with Gasteiger partial charge in [-0.2, -0.15) is 0 Å². The van der Waals surface area contributed by atoms with Crippen molar-refractivity contribution in [2.45, 2.75) is 19.1 Å². The number of azide groups is 1. The maximum absolute atomic E-state index is 11.1. The highest BCUT2D eigenvalue weighted by atomic mass is 35.5. The molecule has 0 radical (unpaired) electrons. The fourth-order valence-corrected chi connectivity index (χ4v) is 1.61. The van der Waals surface area contributed by atoms with E-state index in [4.69, 9.17) is 27.0 Å². The van der Waals surface area contributed by atoms with Crippen LogP contribution in [0.25, 0.3) is 10.4 Å². The fraction of sp³-hybridized carbons (Fsp3) is 0.300. The van der Waals surface area contributed by atoms with Gasteiger partial charge >= 0.3 is 11.9 Å². The number of carbonyl (C=O) groups excluding carboxylic acids is 1. The number of carboxylic acid groups (broad SMARTS) is 1. The van der Waals surface area contributed by atoms with E-state index < -0.39 is 24.1 Å². The van der Waals surface area contributed by atoms with Crippen molar-refractivity contribution >= 4 is 23.5 Å². The summed E-state index contributed by atoms with van der Waals surface area (Å²) in [6, 6.07) is 1.30. The molecule has 100 valence electrons. The van der Waals surface area contributed by atoms with Gasteiger partial charge in [-0.1, -0.05) is 22.8 Å². The molecule has 0 amide bonds. The lowest BCUT2D eigenvalue weighted by atomic mass is 10.0. The Morgan fingerprint density at radius 3 is 2.79 bits per heavy atom. The predicted octanol–water partition coefficient (Wildman–Crippen LogP) is 2.10. The zero-order valence-electron chi connectivity index (χ0n) is 9.73. The molecule has 9 heteroatoms. The number of ether oxygens (including phenoxy) is 1. The summed E-state index contributed by atoms with van der Waals surface area (Å²) in [5, 5.41) is 12.1. The summed E-state index contributed by atoms with van der Waals surface area (Å²) in [7, 11) is 0. The number of pyridine rings is 1. The summed E-state index contributed by atoms with van der Waals surface area (Å²) in [4.78, 5) is 28.3. The molecule has 0 fully saturated rings. The number of carbonyl (C=O) groups is 2. The molecule has 0 aliphatic carbocycles. The Balaban J connectivity index is 3.27. The van der Waals surface area contributed by atoms with Crippen LogP contribution in [0.4, 0.5) is 0 Å². The van der Waals surface area contributed by atoms with Gasteiger partial charge in [0.1, 0.15) is 11.3 Å². The molecule has 1 rings (SSSR count). The number of carboxylic acids is 1. The molecule has 2 atom stereocenters. The predicted molar refractivity (Wildman–Crippen MR) is 64.3 cm³/mol. The first kappa shape index (κ1) is 14.7. The minimum atomic E-state index is -1.63. The number of rotatable bonds is 5. The molecule has 1 aromatic rings. The highest BCUT2D eigenvalue weighted by Gasteiger charge is 2.33. The Labute approximate surface area is 112 Å².